The molecule has 28 heavy (non-hydrogen) atoms. The maximum absolute atomic E-state index is 11.5. The predicted octanol–water partition coefficient (Wildman–Crippen LogP) is 5.24. The molecule has 1 rings (SSSR count). The molecule has 0 aliphatic heterocycles. The molecule has 0 saturated heterocycles. The topological polar surface area (TPSA) is 88.0 Å². The Morgan fingerprint density at radius 1 is 0.929 bits per heavy atom. The number of aryl methyl sites for hydroxylation is 1. The van der Waals surface area contributed by atoms with Gasteiger partial charge >= 0.3 is 11.7 Å². The van der Waals surface area contributed by atoms with Crippen LogP contribution in [0.2, 0.25) is 0 Å². The zero-order valence-electron chi connectivity index (χ0n) is 17.6. The van der Waals surface area contributed by atoms with Crippen LogP contribution in [0.25, 0.3) is 0 Å². The number of aromatic nitrogens is 3. The fourth-order valence-corrected chi connectivity index (χ4v) is 3.42. The summed E-state index contributed by atoms with van der Waals surface area (Å²) in [6, 6.07) is 0. The van der Waals surface area contributed by atoms with Gasteiger partial charge in [-0.15, -0.1) is 0 Å². The molecule has 0 saturated carbocycles. The summed E-state index contributed by atoms with van der Waals surface area (Å²) >= 11 is 0. The monoisotopic (exact) mass is 393 g/mol. The lowest BCUT2D eigenvalue weighted by atomic mass is 10.1. The van der Waals surface area contributed by atoms with Crippen molar-refractivity contribution in [2.24, 2.45) is 0 Å². The van der Waals surface area contributed by atoms with Gasteiger partial charge in [0.2, 0.25) is 0 Å². The number of nitrogens with zero attached hydrogens (tertiary/aromatic N) is 2. The highest BCUT2D eigenvalue weighted by Crippen LogP contribution is 2.11. The van der Waals surface area contributed by atoms with Gasteiger partial charge in [-0.25, -0.2) is 9.89 Å². The molecular formula is C22H39N3O3. The highest BCUT2D eigenvalue weighted by molar-refractivity contribution is 5.66. The summed E-state index contributed by atoms with van der Waals surface area (Å²) < 4.78 is 1.71. The highest BCUT2D eigenvalue weighted by Gasteiger charge is 2.05. The first-order chi connectivity index (χ1) is 13.6. The van der Waals surface area contributed by atoms with Gasteiger partial charge in [-0.1, -0.05) is 57.1 Å². The lowest BCUT2D eigenvalue weighted by Gasteiger charge is -2.03. The summed E-state index contributed by atoms with van der Waals surface area (Å²) in [5, 5.41) is 15.2. The largest absolute Gasteiger partial charge is 0.481 e. The summed E-state index contributed by atoms with van der Waals surface area (Å²) in [7, 11) is 0. The second-order valence-electron chi connectivity index (χ2n) is 7.52. The van der Waals surface area contributed by atoms with Crippen molar-refractivity contribution in [1.29, 1.82) is 0 Å². The van der Waals surface area contributed by atoms with Gasteiger partial charge in [0.1, 0.15) is 5.82 Å². The van der Waals surface area contributed by atoms with Gasteiger partial charge in [-0.2, -0.15) is 5.10 Å². The normalized spacial score (nSPS) is 11.5. The number of unbranched alkanes of at least 4 members (excludes halogenated alkanes) is 11. The Morgan fingerprint density at radius 2 is 1.46 bits per heavy atom. The van der Waals surface area contributed by atoms with Crippen LogP contribution in [0, 0.1) is 0 Å². The van der Waals surface area contributed by atoms with Crippen LogP contribution in [-0.2, 0) is 17.8 Å². The van der Waals surface area contributed by atoms with Gasteiger partial charge in [-0.3, -0.25) is 9.36 Å². The molecule has 0 unspecified atom stereocenters. The first-order valence-corrected chi connectivity index (χ1v) is 11.2. The second-order valence-corrected chi connectivity index (χ2v) is 7.52. The van der Waals surface area contributed by atoms with Crippen LogP contribution < -0.4 is 5.69 Å². The van der Waals surface area contributed by atoms with Crippen LogP contribution in [0.4, 0.5) is 0 Å². The molecule has 2 N–H and O–H groups in total. The molecule has 0 aromatic carbocycles. The average molecular weight is 394 g/mol. The van der Waals surface area contributed by atoms with Crippen molar-refractivity contribution in [3.05, 3.63) is 28.5 Å². The SMILES string of the molecule is CCn1c(CCCCCCCC/C=C\CCCCCCCC(=O)O)n[nH]c1=O. The van der Waals surface area contributed by atoms with Crippen LogP contribution in [0.3, 0.4) is 0 Å². The number of rotatable bonds is 18. The second kappa shape index (κ2) is 16.1. The zero-order valence-corrected chi connectivity index (χ0v) is 17.6. The smallest absolute Gasteiger partial charge is 0.343 e. The van der Waals surface area contributed by atoms with Gasteiger partial charge in [-0.05, 0) is 45.4 Å². The van der Waals surface area contributed by atoms with Crippen molar-refractivity contribution >= 4 is 5.97 Å². The van der Waals surface area contributed by atoms with Gasteiger partial charge < -0.3 is 5.11 Å². The molecule has 0 atom stereocenters. The number of hydrogen-bond donors (Lipinski definition) is 2. The van der Waals surface area contributed by atoms with Gasteiger partial charge in [0.15, 0.2) is 0 Å². The summed E-state index contributed by atoms with van der Waals surface area (Å²) in [6.45, 7) is 2.66. The third-order valence-electron chi connectivity index (χ3n) is 5.10. The predicted molar refractivity (Wildman–Crippen MR) is 114 cm³/mol. The van der Waals surface area contributed by atoms with Crippen molar-refractivity contribution in [3.63, 3.8) is 0 Å². The summed E-state index contributed by atoms with van der Waals surface area (Å²) in [5.41, 5.74) is -0.0960. The first kappa shape index (κ1) is 24.2. The van der Waals surface area contributed by atoms with E-state index >= 15 is 0 Å². The minimum atomic E-state index is -0.680. The molecule has 1 heterocycles. The molecule has 0 amide bonds. The van der Waals surface area contributed by atoms with E-state index in [0.717, 1.165) is 44.3 Å². The van der Waals surface area contributed by atoms with Crippen molar-refractivity contribution in [2.45, 2.75) is 110 Å². The maximum atomic E-state index is 11.5. The van der Waals surface area contributed by atoms with E-state index in [4.69, 9.17) is 5.11 Å². The minimum absolute atomic E-state index is 0.0960. The van der Waals surface area contributed by atoms with Crippen molar-refractivity contribution in [1.82, 2.24) is 14.8 Å². The van der Waals surface area contributed by atoms with E-state index in [1.165, 1.54) is 51.4 Å². The molecule has 0 radical (unpaired) electrons. The number of nitrogens with one attached hydrogen (secondary N) is 1. The quantitative estimate of drug-likeness (QED) is 0.264. The van der Waals surface area contributed by atoms with E-state index in [-0.39, 0.29) is 5.69 Å². The summed E-state index contributed by atoms with van der Waals surface area (Å²) in [4.78, 5) is 21.9. The minimum Gasteiger partial charge on any atom is -0.481 e. The summed E-state index contributed by atoms with van der Waals surface area (Å²) in [5.74, 6) is 0.207. The first-order valence-electron chi connectivity index (χ1n) is 11.2. The van der Waals surface area contributed by atoms with Crippen LogP contribution >= 0.6 is 0 Å². The van der Waals surface area contributed by atoms with Crippen LogP contribution in [0.1, 0.15) is 103 Å². The van der Waals surface area contributed by atoms with Crippen molar-refractivity contribution in [2.75, 3.05) is 0 Å². The highest BCUT2D eigenvalue weighted by atomic mass is 16.4. The Morgan fingerprint density at radius 3 is 2.04 bits per heavy atom. The number of carboxylic acids is 1. The van der Waals surface area contributed by atoms with E-state index in [1.54, 1.807) is 4.57 Å². The van der Waals surface area contributed by atoms with E-state index in [0.29, 0.717) is 13.0 Å². The van der Waals surface area contributed by atoms with Crippen LogP contribution in [-0.4, -0.2) is 25.8 Å². The van der Waals surface area contributed by atoms with E-state index in [9.17, 15) is 9.59 Å². The van der Waals surface area contributed by atoms with E-state index < -0.39 is 5.97 Å². The Kier molecular flexibility index (Phi) is 13.9. The molecule has 0 spiro atoms. The fraction of sp³-hybridized carbons (Fsp3) is 0.773. The Hall–Kier alpha value is -1.85. The molecule has 160 valence electrons. The number of aliphatic carboxylic acids is 1. The Bertz CT molecular complexity index is 604. The average Bonchev–Trinajstić information content (AvgIpc) is 3.03. The van der Waals surface area contributed by atoms with Gasteiger partial charge in [0.05, 0.1) is 0 Å². The van der Waals surface area contributed by atoms with Gasteiger partial charge in [0.25, 0.3) is 0 Å². The molecule has 6 nitrogen and oxygen atoms in total. The lowest BCUT2D eigenvalue weighted by molar-refractivity contribution is -0.137. The Balaban J connectivity index is 1.84. The van der Waals surface area contributed by atoms with Gasteiger partial charge in [0, 0.05) is 19.4 Å². The van der Waals surface area contributed by atoms with Crippen LogP contribution in [0.5, 0.6) is 0 Å². The number of aromatic amines is 1. The number of allylic oxidation sites excluding steroid dienone is 2. The standard InChI is InChI=1S/C22H39N3O3/c1-2-25-20(23-24-22(25)28)18-16-14-12-10-8-6-4-3-5-7-9-11-13-15-17-19-21(26)27/h3,5H,2,4,6-19H2,1H3,(H,24,28)(H,26,27)/b5-3-. The lowest BCUT2D eigenvalue weighted by Crippen LogP contribution is -2.17. The fourth-order valence-electron chi connectivity index (χ4n) is 3.42. The molecule has 0 aliphatic carbocycles. The molecule has 1 aromatic heterocycles. The van der Waals surface area contributed by atoms with E-state index in [1.807, 2.05) is 6.92 Å². The number of hydrogen-bond acceptors (Lipinski definition) is 3. The van der Waals surface area contributed by atoms with Crippen molar-refractivity contribution < 1.29 is 9.90 Å². The zero-order chi connectivity index (χ0) is 20.5. The molecule has 1 aromatic rings. The third kappa shape index (κ3) is 11.8. The van der Waals surface area contributed by atoms with Crippen LogP contribution in [0.15, 0.2) is 16.9 Å². The molecule has 6 heteroatoms. The maximum Gasteiger partial charge on any atom is 0.343 e. The molecule has 0 aliphatic rings. The molecule has 0 fully saturated rings. The Labute approximate surface area is 169 Å². The summed E-state index contributed by atoms with van der Waals surface area (Å²) in [6.07, 6.45) is 20.9. The number of carbonyl (C=O) groups is 1. The van der Waals surface area contributed by atoms with Crippen molar-refractivity contribution in [3.8, 4) is 0 Å². The molecule has 0 bridgehead atoms. The molecular weight excluding hydrogens is 354 g/mol. The number of H-pyrrole nitrogens is 1. The van der Waals surface area contributed by atoms with E-state index in [2.05, 4.69) is 22.3 Å². The number of carboxylic acid groups (broad SMARTS) is 1. The third-order valence-corrected chi connectivity index (χ3v) is 5.10.